The molecule has 0 unspecified atom stereocenters. The molecule has 0 aliphatic rings. The van der Waals surface area contributed by atoms with Gasteiger partial charge in [0.05, 0.1) is 35.6 Å². The van der Waals surface area contributed by atoms with Crippen LogP contribution in [0, 0.1) is 13.1 Å². The summed E-state index contributed by atoms with van der Waals surface area (Å²) in [6.07, 6.45) is 0. The molecule has 0 amide bonds. The van der Waals surface area contributed by atoms with Gasteiger partial charge in [-0.15, -0.1) is 0 Å². The highest BCUT2D eigenvalue weighted by Gasteiger charge is 2.18. The van der Waals surface area contributed by atoms with Crippen molar-refractivity contribution in [2.75, 3.05) is 4.90 Å². The molecular weight excluding hydrogens is 661 g/mol. The summed E-state index contributed by atoms with van der Waals surface area (Å²) in [7, 11) is 0. The zero-order valence-corrected chi connectivity index (χ0v) is 29.0. The van der Waals surface area contributed by atoms with Crippen molar-refractivity contribution >= 4 is 50.2 Å². The predicted molar refractivity (Wildman–Crippen MR) is 220 cm³/mol. The van der Waals surface area contributed by atoms with Gasteiger partial charge in [0.2, 0.25) is 0 Å². The van der Waals surface area contributed by atoms with Gasteiger partial charge in [0.1, 0.15) is 0 Å². The van der Waals surface area contributed by atoms with E-state index in [-0.39, 0.29) is 0 Å². The third-order valence-electron chi connectivity index (χ3n) is 9.60. The van der Waals surface area contributed by atoms with Crippen molar-refractivity contribution in [3.63, 3.8) is 0 Å². The molecule has 0 radical (unpaired) electrons. The van der Waals surface area contributed by atoms with E-state index in [9.17, 15) is 0 Å². The van der Waals surface area contributed by atoms with Crippen LogP contribution < -0.4 is 4.90 Å². The van der Waals surface area contributed by atoms with E-state index in [2.05, 4.69) is 134 Å². The lowest BCUT2D eigenvalue weighted by Gasteiger charge is -2.25. The summed E-state index contributed by atoms with van der Waals surface area (Å²) in [5.74, 6) is 0.517. The van der Waals surface area contributed by atoms with Crippen LogP contribution in [0.5, 0.6) is 0 Å². The molecule has 54 heavy (non-hydrogen) atoms. The molecule has 6 nitrogen and oxygen atoms in total. The van der Waals surface area contributed by atoms with Gasteiger partial charge < -0.3 is 9.47 Å². The van der Waals surface area contributed by atoms with Crippen LogP contribution in [0.4, 0.5) is 28.4 Å². The van der Waals surface area contributed by atoms with E-state index in [1.54, 1.807) is 18.2 Å². The number of hydrogen-bond acceptors (Lipinski definition) is 3. The molecule has 0 N–H and O–H groups in total. The van der Waals surface area contributed by atoms with Crippen molar-refractivity contribution < 1.29 is 0 Å². The van der Waals surface area contributed by atoms with Crippen molar-refractivity contribution in [2.45, 2.75) is 0 Å². The first-order chi connectivity index (χ1) is 26.7. The van der Waals surface area contributed by atoms with Crippen molar-refractivity contribution in [1.29, 1.82) is 0 Å². The lowest BCUT2D eigenvalue weighted by atomic mass is 10.1. The molecule has 6 heteroatoms. The molecule has 2 aromatic heterocycles. The second-order valence-electron chi connectivity index (χ2n) is 12.9. The van der Waals surface area contributed by atoms with Gasteiger partial charge >= 0.3 is 0 Å². The monoisotopic (exact) mass is 690 g/mol. The maximum Gasteiger partial charge on any atom is 0.187 e. The predicted octanol–water partition coefficient (Wildman–Crippen LogP) is 13.1. The maximum absolute atomic E-state index is 7.54. The zero-order valence-electron chi connectivity index (χ0n) is 29.0. The number of rotatable bonds is 7. The summed E-state index contributed by atoms with van der Waals surface area (Å²) >= 11 is 0. The van der Waals surface area contributed by atoms with Gasteiger partial charge in [0.25, 0.3) is 0 Å². The summed E-state index contributed by atoms with van der Waals surface area (Å²) < 4.78 is 2.32. The quantitative estimate of drug-likeness (QED) is 0.156. The van der Waals surface area contributed by atoms with Crippen LogP contribution in [0.2, 0.25) is 0 Å². The second kappa shape index (κ2) is 13.7. The first kappa shape index (κ1) is 32.1. The van der Waals surface area contributed by atoms with Gasteiger partial charge in [0.15, 0.2) is 17.2 Å². The Hall–Kier alpha value is -7.80. The van der Waals surface area contributed by atoms with E-state index in [1.807, 2.05) is 48.5 Å². The molecule has 252 valence electrons. The molecule has 9 aromatic rings. The van der Waals surface area contributed by atoms with Gasteiger partial charge in [-0.3, -0.25) is 0 Å². The van der Waals surface area contributed by atoms with E-state index >= 15 is 0 Å². The summed E-state index contributed by atoms with van der Waals surface area (Å²) in [5, 5.41) is 2.34. The number of aromatic nitrogens is 3. The number of para-hydroxylation sites is 3. The van der Waals surface area contributed by atoms with E-state index in [0.717, 1.165) is 61.6 Å². The fourth-order valence-corrected chi connectivity index (χ4v) is 7.08. The Kier molecular flexibility index (Phi) is 8.17. The van der Waals surface area contributed by atoms with Crippen molar-refractivity contribution in [1.82, 2.24) is 14.5 Å². The SMILES string of the molecule is [C-]#[N+]c1cccc(-c2cc(-c3ccc(-n4c5ccccc5c5cc(N(c6ccccc6)c6ccccc6)ccc54)cc3)nc(-c3cccc([N+]#[C-])c3)n2)c1. The summed E-state index contributed by atoms with van der Waals surface area (Å²) in [6, 6.07) is 61.4. The van der Waals surface area contributed by atoms with Crippen molar-refractivity contribution in [3.8, 4) is 39.6 Å². The van der Waals surface area contributed by atoms with E-state index < -0.39 is 0 Å². The molecule has 0 atom stereocenters. The van der Waals surface area contributed by atoms with E-state index in [4.69, 9.17) is 23.1 Å². The number of hydrogen-bond donors (Lipinski definition) is 0. The average molecular weight is 691 g/mol. The highest BCUT2D eigenvalue weighted by atomic mass is 15.1. The third kappa shape index (κ3) is 5.90. The Morgan fingerprint density at radius 2 is 1.00 bits per heavy atom. The molecule has 9 rings (SSSR count). The summed E-state index contributed by atoms with van der Waals surface area (Å²) in [5.41, 5.74) is 11.6. The fourth-order valence-electron chi connectivity index (χ4n) is 7.08. The highest BCUT2D eigenvalue weighted by molar-refractivity contribution is 6.10. The van der Waals surface area contributed by atoms with Crippen molar-refractivity contribution in [3.05, 3.63) is 205 Å². The standard InChI is InChI=1S/C48H30N6/c1-49-36-15-11-13-34(29-36)45-32-44(51-48(52-45)35-14-12-16-37(30-35)50-2)33-23-25-40(26-24-33)54-46-22-10-9-21-42(46)43-31-41(27-28-47(43)54)53(38-17-5-3-6-18-38)39-19-7-4-8-20-39/h3-32H. The van der Waals surface area contributed by atoms with Gasteiger partial charge in [-0.1, -0.05) is 103 Å². The van der Waals surface area contributed by atoms with Crippen LogP contribution >= 0.6 is 0 Å². The minimum Gasteiger partial charge on any atom is -0.310 e. The van der Waals surface area contributed by atoms with E-state index in [1.165, 1.54) is 5.39 Å². The lowest BCUT2D eigenvalue weighted by Crippen LogP contribution is -2.09. The maximum atomic E-state index is 7.54. The number of fused-ring (bicyclic) bond motifs is 3. The van der Waals surface area contributed by atoms with Crippen LogP contribution in [0.15, 0.2) is 182 Å². The number of nitrogens with zero attached hydrogens (tertiary/aromatic N) is 6. The van der Waals surface area contributed by atoms with Crippen LogP contribution in [-0.4, -0.2) is 14.5 Å². The third-order valence-corrected chi connectivity index (χ3v) is 9.60. The Morgan fingerprint density at radius 3 is 1.67 bits per heavy atom. The van der Waals surface area contributed by atoms with Crippen LogP contribution in [0.3, 0.4) is 0 Å². The first-order valence-electron chi connectivity index (χ1n) is 17.6. The minimum atomic E-state index is 0.517. The molecule has 0 saturated heterocycles. The normalized spacial score (nSPS) is 10.9. The lowest BCUT2D eigenvalue weighted by molar-refractivity contribution is 1.17. The topological polar surface area (TPSA) is 42.7 Å². The number of anilines is 3. The van der Waals surface area contributed by atoms with Crippen LogP contribution in [0.25, 0.3) is 71.1 Å². The van der Waals surface area contributed by atoms with Crippen LogP contribution in [0.1, 0.15) is 0 Å². The second-order valence-corrected chi connectivity index (χ2v) is 12.9. The molecule has 0 aliphatic carbocycles. The Labute approximate surface area is 313 Å². The zero-order chi connectivity index (χ0) is 36.4. The van der Waals surface area contributed by atoms with Gasteiger partial charge in [-0.2, -0.15) is 0 Å². The van der Waals surface area contributed by atoms with Gasteiger partial charge in [-0.25, -0.2) is 19.7 Å². The highest BCUT2D eigenvalue weighted by Crippen LogP contribution is 2.40. The van der Waals surface area contributed by atoms with Crippen molar-refractivity contribution in [2.24, 2.45) is 0 Å². The summed E-state index contributed by atoms with van der Waals surface area (Å²) in [6.45, 7) is 15.1. The Bertz CT molecular complexity index is 2780. The molecule has 7 aromatic carbocycles. The Balaban J connectivity index is 1.16. The molecular formula is C48H30N6. The van der Waals surface area contributed by atoms with Gasteiger partial charge in [0, 0.05) is 44.6 Å². The smallest absolute Gasteiger partial charge is 0.187 e. The van der Waals surface area contributed by atoms with Crippen LogP contribution in [-0.2, 0) is 0 Å². The van der Waals surface area contributed by atoms with Gasteiger partial charge in [-0.05, 0) is 84.4 Å². The number of benzene rings is 7. The summed E-state index contributed by atoms with van der Waals surface area (Å²) in [4.78, 5) is 19.4. The molecule has 0 bridgehead atoms. The average Bonchev–Trinajstić information content (AvgIpc) is 3.58. The molecule has 0 spiro atoms. The molecule has 0 aliphatic heterocycles. The molecule has 2 heterocycles. The fraction of sp³-hybridized carbons (Fsp3) is 0. The molecule has 0 saturated carbocycles. The Morgan fingerprint density at radius 1 is 0.426 bits per heavy atom. The van der Waals surface area contributed by atoms with E-state index in [0.29, 0.717) is 22.9 Å². The molecule has 0 fully saturated rings. The first-order valence-corrected chi connectivity index (χ1v) is 17.6. The minimum absolute atomic E-state index is 0.517. The largest absolute Gasteiger partial charge is 0.310 e.